The molecule has 18 heavy (non-hydrogen) atoms. The molecule has 0 aliphatic heterocycles. The first-order chi connectivity index (χ1) is 8.41. The number of carbonyl (C=O) groups is 2. The molecule has 0 aliphatic rings. The third-order valence-corrected chi connectivity index (χ3v) is 1.98. The number of hydrogen-bond acceptors (Lipinski definition) is 3. The molecule has 0 spiro atoms. The van der Waals surface area contributed by atoms with Gasteiger partial charge in [0.2, 0.25) is 0 Å². The zero-order chi connectivity index (χ0) is 13.7. The first-order valence-corrected chi connectivity index (χ1v) is 5.14. The first kappa shape index (κ1) is 14.0. The van der Waals surface area contributed by atoms with Crippen molar-refractivity contribution in [3.05, 3.63) is 29.8 Å². The molecule has 1 aromatic carbocycles. The lowest BCUT2D eigenvalue weighted by atomic mass is 10.3. The maximum absolute atomic E-state index is 13.2. The maximum Gasteiger partial charge on any atom is 0.313 e. The summed E-state index contributed by atoms with van der Waals surface area (Å²) in [5.74, 6) is -4.27. The number of nitrogens with two attached hydrogens (primary N) is 1. The summed E-state index contributed by atoms with van der Waals surface area (Å²) in [5.41, 5.74) is 4.42. The SMILES string of the molecule is NC(=S)CNC(=O)C(=O)Nc1c(F)cccc1F. The Kier molecular flexibility index (Phi) is 4.67. The van der Waals surface area contributed by atoms with Gasteiger partial charge in [-0.05, 0) is 12.1 Å². The van der Waals surface area contributed by atoms with Crippen molar-refractivity contribution in [2.75, 3.05) is 11.9 Å². The Labute approximate surface area is 106 Å². The molecular weight excluding hydrogens is 264 g/mol. The van der Waals surface area contributed by atoms with Crippen molar-refractivity contribution >= 4 is 34.7 Å². The van der Waals surface area contributed by atoms with E-state index < -0.39 is 29.1 Å². The van der Waals surface area contributed by atoms with E-state index in [1.165, 1.54) is 0 Å². The zero-order valence-electron chi connectivity index (χ0n) is 9.00. The lowest BCUT2D eigenvalue weighted by molar-refractivity contribution is -0.136. The monoisotopic (exact) mass is 273 g/mol. The Morgan fingerprint density at radius 1 is 1.22 bits per heavy atom. The van der Waals surface area contributed by atoms with Gasteiger partial charge in [0.1, 0.15) is 17.3 Å². The summed E-state index contributed by atoms with van der Waals surface area (Å²) in [5, 5.41) is 3.90. The van der Waals surface area contributed by atoms with Gasteiger partial charge >= 0.3 is 11.8 Å². The van der Waals surface area contributed by atoms with Crippen LogP contribution < -0.4 is 16.4 Å². The molecule has 0 aliphatic carbocycles. The standard InChI is InChI=1S/C10H9F2N3O2S/c11-5-2-1-3-6(12)8(5)15-10(17)9(16)14-4-7(13)18/h1-3H,4H2,(H2,13,18)(H,14,16)(H,15,17). The normalized spacial score (nSPS) is 9.67. The zero-order valence-corrected chi connectivity index (χ0v) is 9.81. The highest BCUT2D eigenvalue weighted by atomic mass is 32.1. The second-order valence-corrected chi connectivity index (χ2v) is 3.72. The molecule has 0 fully saturated rings. The van der Waals surface area contributed by atoms with Crippen LogP contribution in [0.15, 0.2) is 18.2 Å². The van der Waals surface area contributed by atoms with Crippen molar-refractivity contribution in [1.82, 2.24) is 5.32 Å². The van der Waals surface area contributed by atoms with Crippen LogP contribution in [-0.2, 0) is 9.59 Å². The predicted octanol–water partition coefficient (Wildman–Crippen LogP) is 0.306. The molecule has 1 aromatic rings. The van der Waals surface area contributed by atoms with Crippen LogP contribution in [0, 0.1) is 11.6 Å². The Morgan fingerprint density at radius 2 is 1.78 bits per heavy atom. The fourth-order valence-corrected chi connectivity index (χ4v) is 1.11. The molecule has 2 amide bonds. The third kappa shape index (κ3) is 3.74. The first-order valence-electron chi connectivity index (χ1n) is 4.73. The van der Waals surface area contributed by atoms with E-state index in [0.717, 1.165) is 18.2 Å². The number of anilines is 1. The minimum atomic E-state index is -1.21. The van der Waals surface area contributed by atoms with Crippen LogP contribution in [0.5, 0.6) is 0 Å². The van der Waals surface area contributed by atoms with Crippen LogP contribution in [0.1, 0.15) is 0 Å². The van der Waals surface area contributed by atoms with Crippen LogP contribution in [-0.4, -0.2) is 23.3 Å². The molecule has 0 atom stereocenters. The Morgan fingerprint density at radius 3 is 2.28 bits per heavy atom. The average Bonchev–Trinajstić information content (AvgIpc) is 2.30. The van der Waals surface area contributed by atoms with E-state index in [1.54, 1.807) is 0 Å². The Bertz CT molecular complexity index is 488. The second-order valence-electron chi connectivity index (χ2n) is 3.20. The minimum Gasteiger partial charge on any atom is -0.392 e. The lowest BCUT2D eigenvalue weighted by Gasteiger charge is -2.07. The van der Waals surface area contributed by atoms with Gasteiger partial charge in [0.05, 0.1) is 11.5 Å². The van der Waals surface area contributed by atoms with Crippen molar-refractivity contribution < 1.29 is 18.4 Å². The third-order valence-electron chi connectivity index (χ3n) is 1.83. The molecule has 0 unspecified atom stereocenters. The largest absolute Gasteiger partial charge is 0.392 e. The number of nitrogens with one attached hydrogen (secondary N) is 2. The Balaban J connectivity index is 2.70. The molecule has 0 saturated carbocycles. The summed E-state index contributed by atoms with van der Waals surface area (Å²) in [4.78, 5) is 22.5. The number of hydrogen-bond donors (Lipinski definition) is 3. The van der Waals surface area contributed by atoms with E-state index in [0.29, 0.717) is 0 Å². The van der Waals surface area contributed by atoms with E-state index in [2.05, 4.69) is 17.5 Å². The fourth-order valence-electron chi connectivity index (χ4n) is 1.04. The summed E-state index contributed by atoms with van der Waals surface area (Å²) >= 11 is 4.48. The average molecular weight is 273 g/mol. The number of benzene rings is 1. The molecule has 1 rings (SSSR count). The molecular formula is C10H9F2N3O2S. The van der Waals surface area contributed by atoms with Crippen molar-refractivity contribution in [1.29, 1.82) is 0 Å². The molecule has 0 saturated heterocycles. The Hall–Kier alpha value is -2.09. The smallest absolute Gasteiger partial charge is 0.313 e. The molecule has 0 radical (unpaired) electrons. The molecule has 8 heteroatoms. The molecule has 5 nitrogen and oxygen atoms in total. The van der Waals surface area contributed by atoms with Gasteiger partial charge in [-0.3, -0.25) is 9.59 Å². The van der Waals surface area contributed by atoms with Crippen LogP contribution in [0.25, 0.3) is 0 Å². The van der Waals surface area contributed by atoms with Crippen molar-refractivity contribution in [3.63, 3.8) is 0 Å². The van der Waals surface area contributed by atoms with Crippen molar-refractivity contribution in [2.45, 2.75) is 0 Å². The number of carbonyl (C=O) groups excluding carboxylic acids is 2. The number of thiocarbonyl (C=S) groups is 1. The van der Waals surface area contributed by atoms with Crippen LogP contribution in [0.2, 0.25) is 0 Å². The number of halogens is 2. The van der Waals surface area contributed by atoms with Crippen LogP contribution in [0.4, 0.5) is 14.5 Å². The summed E-state index contributed by atoms with van der Waals surface area (Å²) in [7, 11) is 0. The van der Waals surface area contributed by atoms with E-state index in [4.69, 9.17) is 5.73 Å². The van der Waals surface area contributed by atoms with Gasteiger partial charge in [-0.1, -0.05) is 18.3 Å². The van der Waals surface area contributed by atoms with E-state index in [9.17, 15) is 18.4 Å². The lowest BCUT2D eigenvalue weighted by Crippen LogP contribution is -2.39. The summed E-state index contributed by atoms with van der Waals surface area (Å²) in [6, 6.07) is 3.03. The van der Waals surface area contributed by atoms with Gasteiger partial charge in [0.15, 0.2) is 0 Å². The highest BCUT2D eigenvalue weighted by Gasteiger charge is 2.17. The van der Waals surface area contributed by atoms with Gasteiger partial charge in [0.25, 0.3) is 0 Å². The summed E-state index contributed by atoms with van der Waals surface area (Å²) in [6.45, 7) is -0.179. The minimum absolute atomic E-state index is 0.0202. The van der Waals surface area contributed by atoms with Gasteiger partial charge in [-0.25, -0.2) is 8.78 Å². The van der Waals surface area contributed by atoms with Crippen LogP contribution >= 0.6 is 12.2 Å². The molecule has 0 aromatic heterocycles. The van der Waals surface area contributed by atoms with Crippen LogP contribution in [0.3, 0.4) is 0 Å². The predicted molar refractivity (Wildman–Crippen MR) is 64.8 cm³/mol. The molecule has 0 heterocycles. The second kappa shape index (κ2) is 6.01. The topological polar surface area (TPSA) is 84.2 Å². The van der Waals surface area contributed by atoms with E-state index in [-0.39, 0.29) is 11.5 Å². The summed E-state index contributed by atoms with van der Waals surface area (Å²) < 4.78 is 26.3. The highest BCUT2D eigenvalue weighted by molar-refractivity contribution is 7.80. The molecule has 0 bridgehead atoms. The fraction of sp³-hybridized carbons (Fsp3) is 0.100. The van der Waals surface area contributed by atoms with Gasteiger partial charge < -0.3 is 16.4 Å². The quantitative estimate of drug-likeness (QED) is 0.546. The highest BCUT2D eigenvalue weighted by Crippen LogP contribution is 2.17. The van der Waals surface area contributed by atoms with Gasteiger partial charge in [-0.15, -0.1) is 0 Å². The number of para-hydroxylation sites is 1. The molecule has 96 valence electrons. The van der Waals surface area contributed by atoms with E-state index >= 15 is 0 Å². The maximum atomic E-state index is 13.2. The number of rotatable bonds is 3. The van der Waals surface area contributed by atoms with Crippen molar-refractivity contribution in [3.8, 4) is 0 Å². The van der Waals surface area contributed by atoms with Gasteiger partial charge in [0, 0.05) is 0 Å². The molecule has 4 N–H and O–H groups in total. The van der Waals surface area contributed by atoms with E-state index in [1.807, 2.05) is 5.32 Å². The number of amides is 2. The van der Waals surface area contributed by atoms with Gasteiger partial charge in [-0.2, -0.15) is 0 Å². The van der Waals surface area contributed by atoms with Crippen molar-refractivity contribution in [2.24, 2.45) is 5.73 Å². The summed E-state index contributed by atoms with van der Waals surface area (Å²) in [6.07, 6.45) is 0.